The maximum Gasteiger partial charge on any atom is 0.387 e. The number of aliphatic hydroxyl groups is 1. The molecular weight excluding hydrogens is 178 g/mol. The van der Waals surface area contributed by atoms with Crippen LogP contribution in [0.5, 0.6) is 5.75 Å². The van der Waals surface area contributed by atoms with E-state index in [4.69, 9.17) is 5.11 Å². The van der Waals surface area contributed by atoms with Gasteiger partial charge in [0.25, 0.3) is 0 Å². The number of aryl methyl sites for hydroxylation is 1. The Hall–Kier alpha value is -1.16. The summed E-state index contributed by atoms with van der Waals surface area (Å²) < 4.78 is 27.7. The van der Waals surface area contributed by atoms with Crippen LogP contribution in [-0.4, -0.2) is 11.7 Å². The molecule has 1 rings (SSSR count). The first-order chi connectivity index (χ1) is 6.13. The van der Waals surface area contributed by atoms with Crippen LogP contribution in [0.25, 0.3) is 0 Å². The molecule has 0 unspecified atom stereocenters. The summed E-state index contributed by atoms with van der Waals surface area (Å²) in [6.45, 7) is -1.18. The van der Waals surface area contributed by atoms with E-state index in [-0.39, 0.29) is 12.4 Å². The predicted molar refractivity (Wildman–Crippen MR) is 43.7 cm³/mol. The van der Waals surface area contributed by atoms with Crippen molar-refractivity contribution >= 4 is 0 Å². The zero-order valence-electron chi connectivity index (χ0n) is 7.13. The van der Waals surface area contributed by atoms with Crippen LogP contribution in [-0.2, 0) is 6.61 Å². The van der Waals surface area contributed by atoms with Crippen molar-refractivity contribution in [2.75, 3.05) is 0 Å². The van der Waals surface area contributed by atoms with Gasteiger partial charge in [-0.3, -0.25) is 0 Å². The van der Waals surface area contributed by atoms with Gasteiger partial charge >= 0.3 is 6.61 Å². The second kappa shape index (κ2) is 4.18. The Balaban J connectivity index is 2.83. The van der Waals surface area contributed by atoms with Crippen molar-refractivity contribution in [3.63, 3.8) is 0 Å². The Morgan fingerprint density at radius 2 is 2.15 bits per heavy atom. The second-order valence-corrected chi connectivity index (χ2v) is 2.62. The molecule has 0 amide bonds. The number of ether oxygens (including phenoxy) is 1. The van der Waals surface area contributed by atoms with Crippen molar-refractivity contribution in [3.8, 4) is 5.75 Å². The fraction of sp³-hybridized carbons (Fsp3) is 0.333. The molecule has 0 aliphatic rings. The molecule has 4 heteroatoms. The third-order valence-electron chi connectivity index (χ3n) is 1.71. The van der Waals surface area contributed by atoms with Crippen molar-refractivity contribution < 1.29 is 18.6 Å². The van der Waals surface area contributed by atoms with E-state index in [0.29, 0.717) is 5.56 Å². The molecule has 0 spiro atoms. The molecule has 0 atom stereocenters. The normalized spacial score (nSPS) is 10.5. The maximum absolute atomic E-state index is 11.8. The fourth-order valence-corrected chi connectivity index (χ4v) is 1.02. The Kier molecular flexibility index (Phi) is 3.19. The van der Waals surface area contributed by atoms with Gasteiger partial charge < -0.3 is 9.84 Å². The summed E-state index contributed by atoms with van der Waals surface area (Å²) >= 11 is 0. The molecule has 1 aromatic rings. The van der Waals surface area contributed by atoms with Crippen LogP contribution in [0.3, 0.4) is 0 Å². The number of benzene rings is 1. The van der Waals surface area contributed by atoms with Crippen molar-refractivity contribution in [3.05, 3.63) is 29.3 Å². The number of alkyl halides is 2. The summed E-state index contributed by atoms with van der Waals surface area (Å²) in [6, 6.07) is 4.44. The lowest BCUT2D eigenvalue weighted by Crippen LogP contribution is -2.02. The standard InChI is InChI=1S/C9H10F2O2/c1-6-4-8(13-9(10)11)3-2-7(6)5-12/h2-4,9,12H,5H2,1H3. The molecule has 1 aromatic carbocycles. The highest BCUT2D eigenvalue weighted by molar-refractivity contribution is 5.34. The van der Waals surface area contributed by atoms with Crippen LogP contribution in [0.1, 0.15) is 11.1 Å². The highest BCUT2D eigenvalue weighted by Gasteiger charge is 2.05. The summed E-state index contributed by atoms with van der Waals surface area (Å²) in [5.74, 6) is 0.115. The molecule has 0 aliphatic heterocycles. The van der Waals surface area contributed by atoms with Gasteiger partial charge in [-0.25, -0.2) is 0 Å². The highest BCUT2D eigenvalue weighted by Crippen LogP contribution is 2.18. The third kappa shape index (κ3) is 2.66. The van der Waals surface area contributed by atoms with Gasteiger partial charge in [-0.2, -0.15) is 8.78 Å². The highest BCUT2D eigenvalue weighted by atomic mass is 19.3. The van der Waals surface area contributed by atoms with Gasteiger partial charge in [0.2, 0.25) is 0 Å². The molecule has 72 valence electrons. The minimum atomic E-state index is -2.81. The van der Waals surface area contributed by atoms with Gasteiger partial charge in [0.05, 0.1) is 6.61 Å². The Bertz CT molecular complexity index is 287. The van der Waals surface area contributed by atoms with E-state index in [9.17, 15) is 8.78 Å². The van der Waals surface area contributed by atoms with Crippen LogP contribution in [0, 0.1) is 6.92 Å². The molecule has 0 heterocycles. The molecule has 0 saturated carbocycles. The molecule has 0 radical (unpaired) electrons. The Morgan fingerprint density at radius 3 is 2.62 bits per heavy atom. The van der Waals surface area contributed by atoms with E-state index >= 15 is 0 Å². The van der Waals surface area contributed by atoms with Gasteiger partial charge in [0, 0.05) is 0 Å². The summed E-state index contributed by atoms with van der Waals surface area (Å²) in [6.07, 6.45) is 0. The van der Waals surface area contributed by atoms with Crippen molar-refractivity contribution in [1.29, 1.82) is 0 Å². The summed E-state index contributed by atoms with van der Waals surface area (Å²) in [5.41, 5.74) is 1.45. The van der Waals surface area contributed by atoms with E-state index in [1.165, 1.54) is 12.1 Å². The minimum absolute atomic E-state index is 0.0964. The number of rotatable bonds is 3. The molecule has 0 fully saturated rings. The first-order valence-electron chi connectivity index (χ1n) is 3.78. The lowest BCUT2D eigenvalue weighted by Gasteiger charge is -2.07. The van der Waals surface area contributed by atoms with Crippen LogP contribution < -0.4 is 4.74 Å². The van der Waals surface area contributed by atoms with Gasteiger partial charge in [0.1, 0.15) is 5.75 Å². The average Bonchev–Trinajstić information content (AvgIpc) is 2.03. The third-order valence-corrected chi connectivity index (χ3v) is 1.71. The largest absolute Gasteiger partial charge is 0.435 e. The molecule has 0 bridgehead atoms. The smallest absolute Gasteiger partial charge is 0.387 e. The van der Waals surface area contributed by atoms with Gasteiger partial charge in [-0.15, -0.1) is 0 Å². The topological polar surface area (TPSA) is 29.5 Å². The van der Waals surface area contributed by atoms with E-state index in [1.807, 2.05) is 0 Å². The molecule has 13 heavy (non-hydrogen) atoms. The molecule has 0 aliphatic carbocycles. The minimum Gasteiger partial charge on any atom is -0.435 e. The van der Waals surface area contributed by atoms with Crippen molar-refractivity contribution in [2.45, 2.75) is 20.1 Å². The van der Waals surface area contributed by atoms with E-state index in [0.717, 1.165) is 5.56 Å². The number of halogens is 2. The number of hydrogen-bond donors (Lipinski definition) is 1. The fourth-order valence-electron chi connectivity index (χ4n) is 1.02. The van der Waals surface area contributed by atoms with Gasteiger partial charge in [-0.05, 0) is 30.2 Å². The number of hydrogen-bond acceptors (Lipinski definition) is 2. The van der Waals surface area contributed by atoms with Gasteiger partial charge in [0.15, 0.2) is 0 Å². The molecule has 2 nitrogen and oxygen atoms in total. The lowest BCUT2D eigenvalue weighted by atomic mass is 10.1. The zero-order valence-corrected chi connectivity index (χ0v) is 7.13. The first-order valence-corrected chi connectivity index (χ1v) is 3.78. The van der Waals surface area contributed by atoms with Crippen molar-refractivity contribution in [2.24, 2.45) is 0 Å². The molecule has 0 aromatic heterocycles. The maximum atomic E-state index is 11.8. The van der Waals surface area contributed by atoms with Crippen molar-refractivity contribution in [1.82, 2.24) is 0 Å². The van der Waals surface area contributed by atoms with Crippen LogP contribution in [0.2, 0.25) is 0 Å². The van der Waals surface area contributed by atoms with Crippen LogP contribution in [0.15, 0.2) is 18.2 Å². The van der Waals surface area contributed by atoms with Crippen LogP contribution in [0.4, 0.5) is 8.78 Å². The monoisotopic (exact) mass is 188 g/mol. The Morgan fingerprint density at radius 1 is 1.46 bits per heavy atom. The first kappa shape index (κ1) is 9.92. The summed E-state index contributed by atoms with van der Waals surface area (Å²) in [5, 5.41) is 8.80. The lowest BCUT2D eigenvalue weighted by molar-refractivity contribution is -0.0498. The van der Waals surface area contributed by atoms with E-state index < -0.39 is 6.61 Å². The number of aliphatic hydroxyl groups excluding tert-OH is 1. The zero-order chi connectivity index (χ0) is 9.84. The summed E-state index contributed by atoms with van der Waals surface area (Å²) in [7, 11) is 0. The quantitative estimate of drug-likeness (QED) is 0.786. The second-order valence-electron chi connectivity index (χ2n) is 2.62. The van der Waals surface area contributed by atoms with Crippen LogP contribution >= 0.6 is 0 Å². The molecular formula is C9H10F2O2. The molecule has 1 N–H and O–H groups in total. The van der Waals surface area contributed by atoms with E-state index in [1.54, 1.807) is 13.0 Å². The van der Waals surface area contributed by atoms with E-state index in [2.05, 4.69) is 4.74 Å². The SMILES string of the molecule is Cc1cc(OC(F)F)ccc1CO. The predicted octanol–water partition coefficient (Wildman–Crippen LogP) is 2.09. The molecule has 0 saturated heterocycles. The Labute approximate surface area is 74.8 Å². The summed E-state index contributed by atoms with van der Waals surface area (Å²) in [4.78, 5) is 0. The van der Waals surface area contributed by atoms with Gasteiger partial charge in [-0.1, -0.05) is 6.07 Å². The average molecular weight is 188 g/mol.